The number of hydrogen-bond donors (Lipinski definition) is 2. The van der Waals surface area contributed by atoms with Crippen molar-refractivity contribution in [2.75, 3.05) is 5.32 Å². The van der Waals surface area contributed by atoms with Crippen molar-refractivity contribution in [2.45, 2.75) is 19.9 Å². The van der Waals surface area contributed by atoms with Gasteiger partial charge >= 0.3 is 0 Å². The zero-order chi connectivity index (χ0) is 13.1. The molecule has 18 heavy (non-hydrogen) atoms. The van der Waals surface area contributed by atoms with Crippen LogP contribution in [0.5, 0.6) is 5.75 Å². The van der Waals surface area contributed by atoms with E-state index in [0.717, 1.165) is 16.8 Å². The van der Waals surface area contributed by atoms with Gasteiger partial charge in [-0.15, -0.1) is 0 Å². The molecule has 94 valence electrons. The Morgan fingerprint density at radius 3 is 2.44 bits per heavy atom. The molecule has 0 aliphatic heterocycles. The van der Waals surface area contributed by atoms with E-state index >= 15 is 0 Å². The van der Waals surface area contributed by atoms with Gasteiger partial charge in [0.05, 0.1) is 6.04 Å². The van der Waals surface area contributed by atoms with Crippen molar-refractivity contribution < 1.29 is 9.50 Å². The molecule has 0 bridgehead atoms. The van der Waals surface area contributed by atoms with Gasteiger partial charge in [-0.1, -0.05) is 17.7 Å². The lowest BCUT2D eigenvalue weighted by atomic mass is 10.0. The highest BCUT2D eigenvalue weighted by molar-refractivity contribution is 5.48. The second-order valence-electron chi connectivity index (χ2n) is 4.44. The summed E-state index contributed by atoms with van der Waals surface area (Å²) >= 11 is 0. The van der Waals surface area contributed by atoms with Crippen LogP contribution >= 0.6 is 0 Å². The second kappa shape index (κ2) is 5.08. The van der Waals surface area contributed by atoms with Crippen molar-refractivity contribution >= 4 is 5.69 Å². The summed E-state index contributed by atoms with van der Waals surface area (Å²) in [6.45, 7) is 3.94. The van der Waals surface area contributed by atoms with E-state index in [1.54, 1.807) is 18.2 Å². The Morgan fingerprint density at radius 1 is 1.11 bits per heavy atom. The third kappa shape index (κ3) is 2.80. The number of benzene rings is 2. The van der Waals surface area contributed by atoms with Gasteiger partial charge in [0.2, 0.25) is 0 Å². The molecule has 0 heterocycles. The molecule has 0 spiro atoms. The molecular weight excluding hydrogens is 229 g/mol. The van der Waals surface area contributed by atoms with E-state index in [-0.39, 0.29) is 17.6 Å². The van der Waals surface area contributed by atoms with Crippen molar-refractivity contribution in [3.05, 3.63) is 59.4 Å². The zero-order valence-electron chi connectivity index (χ0n) is 10.4. The Labute approximate surface area is 106 Å². The molecule has 0 aliphatic carbocycles. The van der Waals surface area contributed by atoms with Crippen molar-refractivity contribution in [3.63, 3.8) is 0 Å². The second-order valence-corrected chi connectivity index (χ2v) is 4.44. The first-order chi connectivity index (χ1) is 8.56. The molecular formula is C15H16FNO. The quantitative estimate of drug-likeness (QED) is 0.856. The van der Waals surface area contributed by atoms with Gasteiger partial charge in [0.1, 0.15) is 11.6 Å². The first kappa shape index (κ1) is 12.4. The summed E-state index contributed by atoms with van der Waals surface area (Å²) < 4.78 is 12.8. The Morgan fingerprint density at radius 2 is 1.78 bits per heavy atom. The molecule has 2 N–H and O–H groups in total. The molecule has 0 fully saturated rings. The largest absolute Gasteiger partial charge is 0.508 e. The van der Waals surface area contributed by atoms with E-state index < -0.39 is 0 Å². The van der Waals surface area contributed by atoms with Crippen molar-refractivity contribution in [1.82, 2.24) is 0 Å². The van der Waals surface area contributed by atoms with Crippen LogP contribution in [0.4, 0.5) is 10.1 Å². The Balaban J connectivity index is 2.18. The third-order valence-corrected chi connectivity index (χ3v) is 2.88. The zero-order valence-corrected chi connectivity index (χ0v) is 10.4. The van der Waals surface area contributed by atoms with Crippen molar-refractivity contribution in [1.29, 1.82) is 0 Å². The maximum Gasteiger partial charge on any atom is 0.123 e. The molecule has 0 saturated heterocycles. The molecule has 0 amide bonds. The number of anilines is 1. The molecule has 1 unspecified atom stereocenters. The Hall–Kier alpha value is -2.03. The van der Waals surface area contributed by atoms with Crippen molar-refractivity contribution in [3.8, 4) is 5.75 Å². The minimum Gasteiger partial charge on any atom is -0.508 e. The van der Waals surface area contributed by atoms with E-state index in [2.05, 4.69) is 5.32 Å². The minimum absolute atomic E-state index is 0.0460. The summed E-state index contributed by atoms with van der Waals surface area (Å²) in [5.41, 5.74) is 2.75. The van der Waals surface area contributed by atoms with E-state index in [1.807, 2.05) is 26.0 Å². The molecule has 2 aromatic rings. The molecule has 2 aromatic carbocycles. The van der Waals surface area contributed by atoms with Gasteiger partial charge in [-0.25, -0.2) is 4.39 Å². The fourth-order valence-corrected chi connectivity index (χ4v) is 1.89. The van der Waals surface area contributed by atoms with Gasteiger partial charge in [-0.2, -0.15) is 0 Å². The van der Waals surface area contributed by atoms with E-state index in [0.29, 0.717) is 0 Å². The molecule has 0 aromatic heterocycles. The Bertz CT molecular complexity index is 537. The molecule has 0 radical (unpaired) electrons. The van der Waals surface area contributed by atoms with Gasteiger partial charge < -0.3 is 10.4 Å². The Kier molecular flexibility index (Phi) is 3.51. The highest BCUT2D eigenvalue weighted by Gasteiger charge is 2.10. The summed E-state index contributed by atoms with van der Waals surface area (Å²) in [6, 6.07) is 11.6. The molecule has 1 atom stereocenters. The molecule has 0 aliphatic rings. The monoisotopic (exact) mass is 245 g/mol. The number of rotatable bonds is 3. The van der Waals surface area contributed by atoms with E-state index in [1.165, 1.54) is 12.1 Å². The number of nitrogens with one attached hydrogen (secondary N) is 1. The van der Waals surface area contributed by atoms with Crippen LogP contribution in [0.1, 0.15) is 24.1 Å². The summed E-state index contributed by atoms with van der Waals surface area (Å²) in [4.78, 5) is 0. The molecule has 2 rings (SSSR count). The van der Waals surface area contributed by atoms with Crippen LogP contribution in [0.15, 0.2) is 42.5 Å². The fourth-order valence-electron chi connectivity index (χ4n) is 1.89. The van der Waals surface area contributed by atoms with Crippen LogP contribution < -0.4 is 5.32 Å². The number of phenols is 1. The highest BCUT2D eigenvalue weighted by Crippen LogP contribution is 2.27. The predicted molar refractivity (Wildman–Crippen MR) is 71.3 cm³/mol. The van der Waals surface area contributed by atoms with Crippen LogP contribution in [0.2, 0.25) is 0 Å². The maximum atomic E-state index is 12.8. The third-order valence-electron chi connectivity index (χ3n) is 2.88. The molecule has 0 saturated carbocycles. The van der Waals surface area contributed by atoms with Gasteiger partial charge in [0, 0.05) is 11.3 Å². The predicted octanol–water partition coefficient (Wildman–Crippen LogP) is 4.01. The maximum absolute atomic E-state index is 12.8. The normalized spacial score (nSPS) is 12.2. The van der Waals surface area contributed by atoms with Crippen molar-refractivity contribution in [2.24, 2.45) is 0 Å². The number of aryl methyl sites for hydroxylation is 1. The highest BCUT2D eigenvalue weighted by atomic mass is 19.1. The first-order valence-corrected chi connectivity index (χ1v) is 5.88. The number of aromatic hydroxyl groups is 1. The first-order valence-electron chi connectivity index (χ1n) is 5.88. The topological polar surface area (TPSA) is 32.3 Å². The van der Waals surface area contributed by atoms with E-state index in [9.17, 15) is 9.50 Å². The number of hydrogen-bond acceptors (Lipinski definition) is 2. The summed E-state index contributed by atoms with van der Waals surface area (Å²) in [5, 5.41) is 13.1. The van der Waals surface area contributed by atoms with Crippen LogP contribution in [-0.4, -0.2) is 5.11 Å². The smallest absolute Gasteiger partial charge is 0.123 e. The summed E-state index contributed by atoms with van der Waals surface area (Å²) in [7, 11) is 0. The number of phenolic OH excluding ortho intramolecular Hbond substituents is 1. The number of halogens is 1. The average molecular weight is 245 g/mol. The average Bonchev–Trinajstić information content (AvgIpc) is 2.35. The van der Waals surface area contributed by atoms with Crippen LogP contribution in [0.25, 0.3) is 0 Å². The van der Waals surface area contributed by atoms with E-state index in [4.69, 9.17) is 0 Å². The fraction of sp³-hybridized carbons (Fsp3) is 0.200. The summed E-state index contributed by atoms with van der Waals surface area (Å²) in [6.07, 6.45) is 0. The molecule has 2 nitrogen and oxygen atoms in total. The van der Waals surface area contributed by atoms with Crippen LogP contribution in [-0.2, 0) is 0 Å². The van der Waals surface area contributed by atoms with Gasteiger partial charge in [0.15, 0.2) is 0 Å². The SMILES string of the molecule is Cc1ccc(O)c(C(C)Nc2ccc(F)cc2)c1. The van der Waals surface area contributed by atoms with Gasteiger partial charge in [-0.05, 0) is 44.2 Å². The van der Waals surface area contributed by atoms with Gasteiger partial charge in [-0.3, -0.25) is 0 Å². The minimum atomic E-state index is -0.258. The lowest BCUT2D eigenvalue weighted by Crippen LogP contribution is -2.07. The van der Waals surface area contributed by atoms with Gasteiger partial charge in [0.25, 0.3) is 0 Å². The molecule has 3 heteroatoms. The standard InChI is InChI=1S/C15H16FNO/c1-10-3-8-15(18)14(9-10)11(2)17-13-6-4-12(16)5-7-13/h3-9,11,17-18H,1-2H3. The lowest BCUT2D eigenvalue weighted by molar-refractivity contribution is 0.465. The summed E-state index contributed by atoms with van der Waals surface area (Å²) in [5.74, 6) is 0.00863. The van der Waals surface area contributed by atoms with Crippen LogP contribution in [0, 0.1) is 12.7 Å². The van der Waals surface area contributed by atoms with Crippen LogP contribution in [0.3, 0.4) is 0 Å². The lowest BCUT2D eigenvalue weighted by Gasteiger charge is -2.17.